The first-order chi connectivity index (χ1) is 14.2. The molecule has 176 valence electrons. The molecule has 0 aliphatic carbocycles. The fourth-order valence-electron chi connectivity index (χ4n) is 3.05. The third-order valence-corrected chi connectivity index (χ3v) is 4.57. The maximum absolute atomic E-state index is 14.7. The molecule has 1 fully saturated rings. The molecule has 0 aromatic heterocycles. The van der Waals surface area contributed by atoms with E-state index in [9.17, 15) is 9.18 Å². The van der Waals surface area contributed by atoms with Gasteiger partial charge < -0.3 is 29.9 Å². The van der Waals surface area contributed by atoms with Gasteiger partial charge >= 0.3 is 6.09 Å². The Hall–Kier alpha value is -1.82. The fourth-order valence-corrected chi connectivity index (χ4v) is 3.05. The number of benzene rings is 1. The van der Waals surface area contributed by atoms with E-state index >= 15 is 0 Å². The van der Waals surface area contributed by atoms with Crippen LogP contribution < -0.4 is 15.5 Å². The number of amides is 1. The van der Waals surface area contributed by atoms with Crippen LogP contribution >= 0.6 is 24.0 Å². The number of anilines is 1. The van der Waals surface area contributed by atoms with Gasteiger partial charge in [-0.2, -0.15) is 0 Å². The first-order valence-corrected chi connectivity index (χ1v) is 10.2. The summed E-state index contributed by atoms with van der Waals surface area (Å²) in [7, 11) is 3.32. The second-order valence-corrected chi connectivity index (χ2v) is 8.09. The Kier molecular flexibility index (Phi) is 11.3. The quantitative estimate of drug-likeness (QED) is 0.245. The lowest BCUT2D eigenvalue weighted by molar-refractivity contribution is 0.0240. The number of halogens is 2. The lowest BCUT2D eigenvalue weighted by Gasteiger charge is -2.36. The van der Waals surface area contributed by atoms with E-state index in [4.69, 9.17) is 9.47 Å². The van der Waals surface area contributed by atoms with Gasteiger partial charge in [-0.15, -0.1) is 24.0 Å². The number of methoxy groups -OCH3 is 1. The number of hydrogen-bond acceptors (Lipinski definition) is 5. The summed E-state index contributed by atoms with van der Waals surface area (Å²) >= 11 is 0. The molecule has 1 aromatic carbocycles. The van der Waals surface area contributed by atoms with Crippen LogP contribution in [0.3, 0.4) is 0 Å². The lowest BCUT2D eigenvalue weighted by Crippen LogP contribution is -2.50. The van der Waals surface area contributed by atoms with E-state index in [0.29, 0.717) is 57.5 Å². The number of carbonyl (C=O) groups is 1. The molecule has 1 heterocycles. The summed E-state index contributed by atoms with van der Waals surface area (Å²) in [5.41, 5.74) is 0.842. The average Bonchev–Trinajstić information content (AvgIpc) is 2.69. The smallest absolute Gasteiger partial charge is 0.410 e. The van der Waals surface area contributed by atoms with Gasteiger partial charge in [0.05, 0.1) is 12.3 Å². The summed E-state index contributed by atoms with van der Waals surface area (Å²) in [5, 5.41) is 6.27. The summed E-state index contributed by atoms with van der Waals surface area (Å²) in [6.45, 7) is 9.32. The second kappa shape index (κ2) is 12.9. The topological polar surface area (TPSA) is 78.4 Å². The monoisotopic (exact) mass is 551 g/mol. The number of piperazine rings is 1. The van der Waals surface area contributed by atoms with Crippen molar-refractivity contribution in [2.45, 2.75) is 32.9 Å². The first kappa shape index (κ1) is 27.2. The van der Waals surface area contributed by atoms with E-state index in [0.717, 1.165) is 5.56 Å². The fraction of sp³-hybridized carbons (Fsp3) is 0.619. The Balaban J connectivity index is 0.00000480. The third-order valence-electron chi connectivity index (χ3n) is 4.57. The maximum atomic E-state index is 14.7. The molecule has 10 heteroatoms. The van der Waals surface area contributed by atoms with Crippen molar-refractivity contribution in [1.29, 1.82) is 0 Å². The highest BCUT2D eigenvalue weighted by molar-refractivity contribution is 14.0. The van der Waals surface area contributed by atoms with Crippen LogP contribution in [0.25, 0.3) is 0 Å². The van der Waals surface area contributed by atoms with Crippen molar-refractivity contribution in [3.8, 4) is 0 Å². The lowest BCUT2D eigenvalue weighted by atomic mass is 10.1. The molecule has 0 spiro atoms. The third kappa shape index (κ3) is 9.06. The van der Waals surface area contributed by atoms with Crippen LogP contribution in [-0.4, -0.2) is 76.0 Å². The van der Waals surface area contributed by atoms with Gasteiger partial charge in [-0.1, -0.05) is 6.07 Å². The molecule has 0 unspecified atom stereocenters. The van der Waals surface area contributed by atoms with Gasteiger partial charge in [0.1, 0.15) is 11.4 Å². The molecule has 1 amide bonds. The molecule has 1 aromatic rings. The number of guanidine groups is 1. The van der Waals surface area contributed by atoms with Crippen LogP contribution in [0.2, 0.25) is 0 Å². The molecule has 0 saturated carbocycles. The highest BCUT2D eigenvalue weighted by Gasteiger charge is 2.26. The van der Waals surface area contributed by atoms with Gasteiger partial charge in [0, 0.05) is 53.4 Å². The van der Waals surface area contributed by atoms with Crippen molar-refractivity contribution in [2.75, 3.05) is 58.4 Å². The molecular weight excluding hydrogens is 516 g/mol. The van der Waals surface area contributed by atoms with Gasteiger partial charge in [-0.3, -0.25) is 4.99 Å². The van der Waals surface area contributed by atoms with Crippen LogP contribution in [-0.2, 0) is 16.0 Å². The Morgan fingerprint density at radius 3 is 2.42 bits per heavy atom. The number of carbonyl (C=O) groups excluding carboxylic acids is 1. The molecule has 0 bridgehead atoms. The predicted molar refractivity (Wildman–Crippen MR) is 132 cm³/mol. The number of nitrogens with one attached hydrogen (secondary N) is 2. The zero-order valence-electron chi connectivity index (χ0n) is 19.0. The van der Waals surface area contributed by atoms with Crippen LogP contribution in [0, 0.1) is 5.82 Å². The van der Waals surface area contributed by atoms with Crippen molar-refractivity contribution in [1.82, 2.24) is 15.5 Å². The number of rotatable bonds is 6. The minimum atomic E-state index is -0.522. The standard InChI is InChI=1S/C21H34FN5O3.HI/c1-21(2,3)30-20(28)27-11-9-26(10-12-27)18-7-6-16(14-17(18)22)15-25-19(23-4)24-8-13-29-5;/h6-7,14H,8-13,15H2,1-5H3,(H2,23,24,25);1H. The summed E-state index contributed by atoms with van der Waals surface area (Å²) in [6.07, 6.45) is -0.323. The van der Waals surface area contributed by atoms with Crippen molar-refractivity contribution in [3.05, 3.63) is 29.6 Å². The number of aliphatic imine (C=N–C) groups is 1. The van der Waals surface area contributed by atoms with E-state index in [1.807, 2.05) is 31.7 Å². The second-order valence-electron chi connectivity index (χ2n) is 8.09. The summed E-state index contributed by atoms with van der Waals surface area (Å²) in [4.78, 5) is 19.9. The van der Waals surface area contributed by atoms with E-state index in [1.54, 1.807) is 25.1 Å². The van der Waals surface area contributed by atoms with E-state index in [-0.39, 0.29) is 35.9 Å². The molecule has 0 radical (unpaired) electrons. The van der Waals surface area contributed by atoms with Crippen LogP contribution in [0.15, 0.2) is 23.2 Å². The van der Waals surface area contributed by atoms with E-state index in [1.165, 1.54) is 6.07 Å². The Morgan fingerprint density at radius 1 is 1.19 bits per heavy atom. The zero-order chi connectivity index (χ0) is 22.1. The van der Waals surface area contributed by atoms with Crippen LogP contribution in [0.4, 0.5) is 14.9 Å². The predicted octanol–water partition coefficient (Wildman–Crippen LogP) is 2.81. The van der Waals surface area contributed by atoms with Gasteiger partial charge in [0.2, 0.25) is 0 Å². The molecular formula is C21H35FIN5O3. The van der Waals surface area contributed by atoms with Crippen molar-refractivity contribution in [2.24, 2.45) is 4.99 Å². The van der Waals surface area contributed by atoms with Gasteiger partial charge in [0.25, 0.3) is 0 Å². The van der Waals surface area contributed by atoms with Crippen molar-refractivity contribution >= 4 is 41.7 Å². The Bertz CT molecular complexity index is 734. The largest absolute Gasteiger partial charge is 0.444 e. The average molecular weight is 551 g/mol. The molecule has 8 nitrogen and oxygen atoms in total. The van der Waals surface area contributed by atoms with E-state index in [2.05, 4.69) is 15.6 Å². The number of ether oxygens (including phenoxy) is 2. The highest BCUT2D eigenvalue weighted by atomic mass is 127. The molecule has 1 aliphatic heterocycles. The molecule has 1 saturated heterocycles. The minimum absolute atomic E-state index is 0. The van der Waals surface area contributed by atoms with Gasteiger partial charge in [-0.25, -0.2) is 9.18 Å². The maximum Gasteiger partial charge on any atom is 0.410 e. The molecule has 0 atom stereocenters. The number of nitrogens with zero attached hydrogens (tertiary/aromatic N) is 3. The Labute approximate surface area is 201 Å². The van der Waals surface area contributed by atoms with E-state index < -0.39 is 5.60 Å². The molecule has 2 N–H and O–H groups in total. The first-order valence-electron chi connectivity index (χ1n) is 10.2. The van der Waals surface area contributed by atoms with Crippen molar-refractivity contribution < 1.29 is 18.7 Å². The molecule has 2 rings (SSSR count). The molecule has 1 aliphatic rings. The normalized spacial score (nSPS) is 14.7. The van der Waals surface area contributed by atoms with Crippen LogP contribution in [0.5, 0.6) is 0 Å². The summed E-state index contributed by atoms with van der Waals surface area (Å²) in [5.74, 6) is 0.358. The SMILES string of the molecule is CN=C(NCCOC)NCc1ccc(N2CCN(C(=O)OC(C)(C)C)CC2)c(F)c1.I. The van der Waals surface area contributed by atoms with Gasteiger partial charge in [0.15, 0.2) is 5.96 Å². The van der Waals surface area contributed by atoms with Gasteiger partial charge in [-0.05, 0) is 38.5 Å². The minimum Gasteiger partial charge on any atom is -0.444 e. The zero-order valence-corrected chi connectivity index (χ0v) is 21.4. The van der Waals surface area contributed by atoms with Crippen molar-refractivity contribution in [3.63, 3.8) is 0 Å². The summed E-state index contributed by atoms with van der Waals surface area (Å²) < 4.78 is 25.1. The number of hydrogen-bond donors (Lipinski definition) is 2. The van der Waals surface area contributed by atoms with Crippen LogP contribution in [0.1, 0.15) is 26.3 Å². The molecule has 31 heavy (non-hydrogen) atoms. The Morgan fingerprint density at radius 2 is 1.87 bits per heavy atom. The highest BCUT2D eigenvalue weighted by Crippen LogP contribution is 2.22. The summed E-state index contributed by atoms with van der Waals surface area (Å²) in [6, 6.07) is 5.22.